The van der Waals surface area contributed by atoms with Gasteiger partial charge in [0.25, 0.3) is 0 Å². The maximum absolute atomic E-state index is 13.4. The van der Waals surface area contributed by atoms with Gasteiger partial charge >= 0.3 is 0 Å². The summed E-state index contributed by atoms with van der Waals surface area (Å²) in [5.74, 6) is -0.767. The van der Waals surface area contributed by atoms with E-state index in [-0.39, 0.29) is 10.8 Å². The minimum Gasteiger partial charge on any atom is -0.389 e. The van der Waals surface area contributed by atoms with Crippen molar-refractivity contribution in [3.8, 4) is 0 Å². The molecule has 2 aromatic carbocycles. The van der Waals surface area contributed by atoms with Crippen LogP contribution in [0.3, 0.4) is 0 Å². The number of thiocarbonyl (C=S) groups is 1. The molecule has 2 aromatic rings. The fourth-order valence-corrected chi connectivity index (χ4v) is 2.27. The standard InChI is InChI=1S/C14H11BrF2N2S/c1-7-4-11(17)10(15)6-13(7)19-12-3-2-8(16)5-9(12)14(18)20/h2-6,19H,1H3,(H2,18,20). The molecule has 0 aliphatic rings. The molecule has 0 aliphatic carbocycles. The largest absolute Gasteiger partial charge is 0.389 e. The van der Waals surface area contributed by atoms with Gasteiger partial charge in [-0.3, -0.25) is 0 Å². The Morgan fingerprint density at radius 2 is 1.90 bits per heavy atom. The lowest BCUT2D eigenvalue weighted by Crippen LogP contribution is -2.12. The molecular formula is C14H11BrF2N2S. The third kappa shape index (κ3) is 3.13. The van der Waals surface area contributed by atoms with Gasteiger partial charge in [0.15, 0.2) is 0 Å². The summed E-state index contributed by atoms with van der Waals surface area (Å²) in [5.41, 5.74) is 7.95. The van der Waals surface area contributed by atoms with E-state index in [9.17, 15) is 8.78 Å². The summed E-state index contributed by atoms with van der Waals surface area (Å²) in [6.07, 6.45) is 0. The number of nitrogens with one attached hydrogen (secondary N) is 1. The van der Waals surface area contributed by atoms with Crippen LogP contribution in [0.1, 0.15) is 11.1 Å². The Kier molecular flexibility index (Phi) is 4.35. The highest BCUT2D eigenvalue weighted by Gasteiger charge is 2.10. The van der Waals surface area contributed by atoms with Crippen molar-refractivity contribution in [2.75, 3.05) is 5.32 Å². The van der Waals surface area contributed by atoms with Crippen molar-refractivity contribution in [1.82, 2.24) is 0 Å². The van der Waals surface area contributed by atoms with Crippen molar-refractivity contribution in [3.63, 3.8) is 0 Å². The molecule has 0 unspecified atom stereocenters. The first-order valence-electron chi connectivity index (χ1n) is 5.70. The molecule has 0 saturated carbocycles. The third-order valence-corrected chi connectivity index (χ3v) is 3.61. The molecule has 0 amide bonds. The second kappa shape index (κ2) is 5.85. The van der Waals surface area contributed by atoms with Crippen molar-refractivity contribution in [2.45, 2.75) is 6.92 Å². The molecule has 3 N–H and O–H groups in total. The van der Waals surface area contributed by atoms with E-state index in [1.807, 2.05) is 0 Å². The van der Waals surface area contributed by atoms with E-state index in [4.69, 9.17) is 18.0 Å². The first kappa shape index (κ1) is 14.9. The summed E-state index contributed by atoms with van der Waals surface area (Å²) < 4.78 is 27.0. The Balaban J connectivity index is 2.45. The van der Waals surface area contributed by atoms with Crippen LogP contribution in [0.2, 0.25) is 0 Å². The predicted octanol–water partition coefficient (Wildman–Crippen LogP) is 4.41. The Labute approximate surface area is 129 Å². The van der Waals surface area contributed by atoms with Crippen LogP contribution in [0.4, 0.5) is 20.2 Å². The van der Waals surface area contributed by atoms with E-state index >= 15 is 0 Å². The predicted molar refractivity (Wildman–Crippen MR) is 84.4 cm³/mol. The average molecular weight is 357 g/mol. The second-order valence-electron chi connectivity index (χ2n) is 4.26. The average Bonchev–Trinajstić information content (AvgIpc) is 2.37. The maximum atomic E-state index is 13.4. The van der Waals surface area contributed by atoms with Crippen molar-refractivity contribution < 1.29 is 8.78 Å². The van der Waals surface area contributed by atoms with Gasteiger partial charge in [-0.2, -0.15) is 0 Å². The molecule has 0 bridgehead atoms. The first-order valence-corrected chi connectivity index (χ1v) is 6.90. The number of benzene rings is 2. The smallest absolute Gasteiger partial charge is 0.137 e. The lowest BCUT2D eigenvalue weighted by Gasteiger charge is -2.14. The molecule has 0 aliphatic heterocycles. The molecule has 0 aromatic heterocycles. The quantitative estimate of drug-likeness (QED) is 0.799. The van der Waals surface area contributed by atoms with Crippen LogP contribution in [0.15, 0.2) is 34.8 Å². The monoisotopic (exact) mass is 356 g/mol. The Bertz CT molecular complexity index is 689. The molecular weight excluding hydrogens is 346 g/mol. The van der Waals surface area contributed by atoms with E-state index < -0.39 is 5.82 Å². The van der Waals surface area contributed by atoms with E-state index in [1.165, 1.54) is 18.2 Å². The van der Waals surface area contributed by atoms with E-state index in [2.05, 4.69) is 21.2 Å². The Morgan fingerprint density at radius 3 is 2.55 bits per heavy atom. The molecule has 0 heterocycles. The molecule has 0 atom stereocenters. The number of halogens is 3. The van der Waals surface area contributed by atoms with Gasteiger partial charge in [0, 0.05) is 16.9 Å². The number of aryl methyl sites for hydroxylation is 1. The molecule has 0 saturated heterocycles. The van der Waals surface area contributed by atoms with Crippen LogP contribution in [0.5, 0.6) is 0 Å². The topological polar surface area (TPSA) is 38.0 Å². The Hall–Kier alpha value is -1.53. The highest BCUT2D eigenvalue weighted by molar-refractivity contribution is 9.10. The summed E-state index contributed by atoms with van der Waals surface area (Å²) in [4.78, 5) is 0.0887. The molecule has 6 heteroatoms. The van der Waals surface area contributed by atoms with Crippen molar-refractivity contribution in [3.05, 3.63) is 57.6 Å². The molecule has 0 spiro atoms. The number of hydrogen-bond acceptors (Lipinski definition) is 2. The number of rotatable bonds is 3. The number of anilines is 2. The van der Waals surface area contributed by atoms with Gasteiger partial charge in [0.1, 0.15) is 16.6 Å². The van der Waals surface area contributed by atoms with E-state index in [0.717, 1.165) is 0 Å². The fourth-order valence-electron chi connectivity index (χ4n) is 1.76. The van der Waals surface area contributed by atoms with Crippen LogP contribution in [-0.2, 0) is 0 Å². The lowest BCUT2D eigenvalue weighted by atomic mass is 10.1. The summed E-state index contributed by atoms with van der Waals surface area (Å²) >= 11 is 8.03. The zero-order chi connectivity index (χ0) is 14.9. The van der Waals surface area contributed by atoms with E-state index in [1.54, 1.807) is 19.1 Å². The highest BCUT2D eigenvalue weighted by atomic mass is 79.9. The zero-order valence-corrected chi connectivity index (χ0v) is 12.9. The van der Waals surface area contributed by atoms with Gasteiger partial charge in [0.2, 0.25) is 0 Å². The summed E-state index contributed by atoms with van der Waals surface area (Å²) in [5, 5.41) is 3.09. The lowest BCUT2D eigenvalue weighted by molar-refractivity contribution is 0.620. The molecule has 20 heavy (non-hydrogen) atoms. The number of hydrogen-bond donors (Lipinski definition) is 2. The van der Waals surface area contributed by atoms with Crippen molar-refractivity contribution in [2.24, 2.45) is 5.73 Å². The number of nitrogens with two attached hydrogens (primary N) is 1. The van der Waals surface area contributed by atoms with Gasteiger partial charge in [0.05, 0.1) is 4.47 Å². The minimum atomic E-state index is -0.421. The van der Waals surface area contributed by atoms with Crippen LogP contribution in [-0.4, -0.2) is 4.99 Å². The summed E-state index contributed by atoms with van der Waals surface area (Å²) in [7, 11) is 0. The van der Waals surface area contributed by atoms with Gasteiger partial charge in [-0.25, -0.2) is 8.78 Å². The van der Waals surface area contributed by atoms with Crippen LogP contribution < -0.4 is 11.1 Å². The van der Waals surface area contributed by atoms with Gasteiger partial charge in [-0.05, 0) is 58.7 Å². The normalized spacial score (nSPS) is 10.4. The zero-order valence-electron chi connectivity index (χ0n) is 10.5. The highest BCUT2D eigenvalue weighted by Crippen LogP contribution is 2.28. The molecule has 0 fully saturated rings. The van der Waals surface area contributed by atoms with Gasteiger partial charge in [-0.1, -0.05) is 12.2 Å². The van der Waals surface area contributed by atoms with Crippen LogP contribution >= 0.6 is 28.1 Å². The Morgan fingerprint density at radius 1 is 1.20 bits per heavy atom. The van der Waals surface area contributed by atoms with Gasteiger partial charge in [-0.15, -0.1) is 0 Å². The molecule has 0 radical (unpaired) electrons. The van der Waals surface area contributed by atoms with Gasteiger partial charge < -0.3 is 11.1 Å². The van der Waals surface area contributed by atoms with Crippen LogP contribution in [0.25, 0.3) is 0 Å². The van der Waals surface area contributed by atoms with Crippen LogP contribution in [0, 0.1) is 18.6 Å². The summed E-state index contributed by atoms with van der Waals surface area (Å²) in [6, 6.07) is 7.12. The fraction of sp³-hybridized carbons (Fsp3) is 0.0714. The molecule has 2 rings (SSSR count). The van der Waals surface area contributed by atoms with Crippen molar-refractivity contribution >= 4 is 44.5 Å². The third-order valence-electron chi connectivity index (χ3n) is 2.78. The second-order valence-corrected chi connectivity index (χ2v) is 5.55. The molecule has 2 nitrogen and oxygen atoms in total. The first-order chi connectivity index (χ1) is 9.38. The maximum Gasteiger partial charge on any atom is 0.137 e. The van der Waals surface area contributed by atoms with Crippen molar-refractivity contribution in [1.29, 1.82) is 0 Å². The summed E-state index contributed by atoms with van der Waals surface area (Å²) in [6.45, 7) is 1.77. The molecule has 104 valence electrons. The van der Waals surface area contributed by atoms with E-state index in [0.29, 0.717) is 27.0 Å². The SMILES string of the molecule is Cc1cc(F)c(Br)cc1Nc1ccc(F)cc1C(N)=S. The minimum absolute atomic E-state index is 0.0887.